The second-order valence-electron chi connectivity index (χ2n) is 5.35. The number of aromatic nitrogens is 1. The van der Waals surface area contributed by atoms with Crippen LogP contribution >= 0.6 is 22.7 Å². The van der Waals surface area contributed by atoms with Gasteiger partial charge in [0.1, 0.15) is 0 Å². The van der Waals surface area contributed by atoms with Gasteiger partial charge in [-0.1, -0.05) is 35.9 Å². The van der Waals surface area contributed by atoms with Gasteiger partial charge < -0.3 is 5.32 Å². The molecule has 1 amide bonds. The van der Waals surface area contributed by atoms with Crippen molar-refractivity contribution in [2.24, 2.45) is 0 Å². The molecule has 4 nitrogen and oxygen atoms in total. The van der Waals surface area contributed by atoms with Crippen molar-refractivity contribution < 1.29 is 9.59 Å². The van der Waals surface area contributed by atoms with E-state index in [1.165, 1.54) is 28.2 Å². The van der Waals surface area contributed by atoms with Crippen molar-refractivity contribution in [2.45, 2.75) is 19.8 Å². The molecule has 0 aliphatic heterocycles. The number of carbonyl (C=O) groups excluding carboxylic acids is 2. The Hall–Kier alpha value is -2.31. The number of thiazole rings is 1. The highest BCUT2D eigenvalue weighted by Crippen LogP contribution is 2.25. The average molecular weight is 356 g/mol. The molecule has 0 atom stereocenters. The summed E-state index contributed by atoms with van der Waals surface area (Å²) in [4.78, 5) is 29.0. The van der Waals surface area contributed by atoms with E-state index in [2.05, 4.69) is 10.3 Å². The van der Waals surface area contributed by atoms with Gasteiger partial charge in [-0.3, -0.25) is 9.59 Å². The molecule has 0 bridgehead atoms. The molecule has 0 unspecified atom stereocenters. The van der Waals surface area contributed by atoms with Crippen LogP contribution in [0.25, 0.3) is 11.3 Å². The average Bonchev–Trinajstić information content (AvgIpc) is 3.25. The first-order valence-electron chi connectivity index (χ1n) is 7.51. The predicted molar refractivity (Wildman–Crippen MR) is 98.8 cm³/mol. The monoisotopic (exact) mass is 356 g/mol. The summed E-state index contributed by atoms with van der Waals surface area (Å²) in [6.45, 7) is 2.04. The Kier molecular flexibility index (Phi) is 5.17. The van der Waals surface area contributed by atoms with Crippen LogP contribution < -0.4 is 5.32 Å². The summed E-state index contributed by atoms with van der Waals surface area (Å²) in [5.41, 5.74) is 3.05. The van der Waals surface area contributed by atoms with Crippen LogP contribution in [0.4, 0.5) is 5.13 Å². The molecule has 0 saturated carbocycles. The van der Waals surface area contributed by atoms with E-state index in [0.29, 0.717) is 10.0 Å². The summed E-state index contributed by atoms with van der Waals surface area (Å²) in [7, 11) is 0. The molecular formula is C18H16N2O2S2. The van der Waals surface area contributed by atoms with Crippen molar-refractivity contribution in [2.75, 3.05) is 5.32 Å². The summed E-state index contributed by atoms with van der Waals surface area (Å²) >= 11 is 2.78. The van der Waals surface area contributed by atoms with Crippen LogP contribution in [0.5, 0.6) is 0 Å². The number of ketones is 1. The molecular weight excluding hydrogens is 340 g/mol. The molecule has 2 heterocycles. The zero-order chi connectivity index (χ0) is 16.9. The molecule has 24 heavy (non-hydrogen) atoms. The van der Waals surface area contributed by atoms with E-state index in [9.17, 15) is 9.59 Å². The van der Waals surface area contributed by atoms with E-state index in [-0.39, 0.29) is 24.5 Å². The fourth-order valence-corrected chi connectivity index (χ4v) is 3.59. The Morgan fingerprint density at radius 2 is 1.88 bits per heavy atom. The van der Waals surface area contributed by atoms with Gasteiger partial charge in [-0.05, 0) is 18.4 Å². The highest BCUT2D eigenvalue weighted by Gasteiger charge is 2.12. The van der Waals surface area contributed by atoms with Crippen molar-refractivity contribution in [3.63, 3.8) is 0 Å². The third-order valence-corrected chi connectivity index (χ3v) is 5.14. The third kappa shape index (κ3) is 4.15. The number of nitrogens with zero attached hydrogens (tertiary/aromatic N) is 1. The number of nitrogens with one attached hydrogen (secondary N) is 1. The highest BCUT2D eigenvalue weighted by molar-refractivity contribution is 7.14. The summed E-state index contributed by atoms with van der Waals surface area (Å²) in [6.07, 6.45) is 0.374. The Bertz CT molecular complexity index is 836. The lowest BCUT2D eigenvalue weighted by Crippen LogP contribution is -2.13. The second-order valence-corrected chi connectivity index (χ2v) is 7.16. The Balaban J connectivity index is 1.55. The van der Waals surface area contributed by atoms with E-state index >= 15 is 0 Å². The molecule has 3 rings (SSSR count). The largest absolute Gasteiger partial charge is 0.302 e. The number of amides is 1. The first-order chi connectivity index (χ1) is 11.6. The van der Waals surface area contributed by atoms with E-state index in [4.69, 9.17) is 0 Å². The minimum absolute atomic E-state index is 0.000340. The lowest BCUT2D eigenvalue weighted by atomic mass is 10.1. The lowest BCUT2D eigenvalue weighted by Gasteiger charge is -2.01. The van der Waals surface area contributed by atoms with Crippen LogP contribution in [0.1, 0.15) is 28.1 Å². The fourth-order valence-electron chi connectivity index (χ4n) is 2.16. The van der Waals surface area contributed by atoms with Crippen molar-refractivity contribution in [1.82, 2.24) is 4.98 Å². The normalized spacial score (nSPS) is 10.5. The van der Waals surface area contributed by atoms with Crippen molar-refractivity contribution in [1.29, 1.82) is 0 Å². The first kappa shape index (κ1) is 16.5. The lowest BCUT2D eigenvalue weighted by molar-refractivity contribution is -0.116. The Labute approximate surface area is 148 Å². The molecule has 1 aromatic carbocycles. The smallest absolute Gasteiger partial charge is 0.226 e. The molecule has 0 aliphatic carbocycles. The number of aryl methyl sites for hydroxylation is 1. The van der Waals surface area contributed by atoms with Gasteiger partial charge in [-0.2, -0.15) is 0 Å². The zero-order valence-electron chi connectivity index (χ0n) is 13.1. The van der Waals surface area contributed by atoms with Gasteiger partial charge in [-0.15, -0.1) is 22.7 Å². The quantitative estimate of drug-likeness (QED) is 0.647. The van der Waals surface area contributed by atoms with Gasteiger partial charge in [-0.25, -0.2) is 4.98 Å². The van der Waals surface area contributed by atoms with E-state index in [1.807, 2.05) is 48.0 Å². The van der Waals surface area contributed by atoms with Gasteiger partial charge in [0.05, 0.1) is 10.6 Å². The molecule has 0 aliphatic rings. The summed E-state index contributed by atoms with van der Waals surface area (Å²) in [5, 5.41) is 7.09. The minimum Gasteiger partial charge on any atom is -0.302 e. The molecule has 3 aromatic rings. The van der Waals surface area contributed by atoms with Gasteiger partial charge in [0, 0.05) is 23.8 Å². The summed E-state index contributed by atoms with van der Waals surface area (Å²) in [5.74, 6) is -0.190. The number of Topliss-reactive ketones (excluding diaryl/α,β-unsaturated/α-hetero) is 1. The molecule has 6 heteroatoms. The zero-order valence-corrected chi connectivity index (χ0v) is 14.7. The van der Waals surface area contributed by atoms with Gasteiger partial charge >= 0.3 is 0 Å². The van der Waals surface area contributed by atoms with Gasteiger partial charge in [0.2, 0.25) is 5.91 Å². The number of benzene rings is 1. The van der Waals surface area contributed by atoms with Crippen LogP contribution in [0, 0.1) is 6.92 Å². The number of anilines is 1. The third-order valence-electron chi connectivity index (χ3n) is 3.47. The van der Waals surface area contributed by atoms with Crippen molar-refractivity contribution in [3.05, 3.63) is 57.6 Å². The molecule has 0 radical (unpaired) electrons. The van der Waals surface area contributed by atoms with E-state index < -0.39 is 0 Å². The van der Waals surface area contributed by atoms with Crippen LogP contribution in [-0.2, 0) is 4.79 Å². The molecule has 0 fully saturated rings. The maximum Gasteiger partial charge on any atom is 0.226 e. The van der Waals surface area contributed by atoms with Gasteiger partial charge in [0.15, 0.2) is 10.9 Å². The molecule has 122 valence electrons. The van der Waals surface area contributed by atoms with Crippen LogP contribution in [0.2, 0.25) is 0 Å². The Morgan fingerprint density at radius 1 is 1.08 bits per heavy atom. The standard InChI is InChI=1S/C18H16N2O2S2/c1-12-4-6-13(7-5-12)14-11-24-18(19-14)20-17(22)9-8-15(21)16-3-2-10-23-16/h2-7,10-11H,8-9H2,1H3,(H,19,20,22). The van der Waals surface area contributed by atoms with Crippen molar-refractivity contribution >= 4 is 39.5 Å². The predicted octanol–water partition coefficient (Wildman–Crippen LogP) is 4.78. The van der Waals surface area contributed by atoms with E-state index in [1.54, 1.807) is 6.07 Å². The maximum absolute atomic E-state index is 12.0. The van der Waals surface area contributed by atoms with Crippen LogP contribution in [0.15, 0.2) is 47.2 Å². The number of rotatable bonds is 6. The highest BCUT2D eigenvalue weighted by atomic mass is 32.1. The topological polar surface area (TPSA) is 59.1 Å². The first-order valence-corrected chi connectivity index (χ1v) is 9.27. The minimum atomic E-state index is -0.190. The summed E-state index contributed by atoms with van der Waals surface area (Å²) < 4.78 is 0. The number of carbonyl (C=O) groups is 2. The molecule has 1 N–H and O–H groups in total. The summed E-state index contributed by atoms with van der Waals surface area (Å²) in [6, 6.07) is 11.7. The molecule has 0 saturated heterocycles. The van der Waals surface area contributed by atoms with E-state index in [0.717, 1.165) is 11.3 Å². The number of thiophene rings is 1. The molecule has 0 spiro atoms. The van der Waals surface area contributed by atoms with Gasteiger partial charge in [0.25, 0.3) is 0 Å². The molecule has 2 aromatic heterocycles. The Morgan fingerprint density at radius 3 is 2.58 bits per heavy atom. The number of hydrogen-bond donors (Lipinski definition) is 1. The fraction of sp³-hybridized carbons (Fsp3) is 0.167. The maximum atomic E-state index is 12.0. The number of hydrogen-bond acceptors (Lipinski definition) is 5. The SMILES string of the molecule is Cc1ccc(-c2csc(NC(=O)CCC(=O)c3cccs3)n2)cc1. The van der Waals surface area contributed by atoms with Crippen molar-refractivity contribution in [3.8, 4) is 11.3 Å². The van der Waals surface area contributed by atoms with Crippen LogP contribution in [0.3, 0.4) is 0 Å². The van der Waals surface area contributed by atoms with Crippen LogP contribution in [-0.4, -0.2) is 16.7 Å². The second kappa shape index (κ2) is 7.51.